The summed E-state index contributed by atoms with van der Waals surface area (Å²) in [5.41, 5.74) is 6.94. The second kappa shape index (κ2) is 6.53. The minimum absolute atomic E-state index is 0.325. The van der Waals surface area contributed by atoms with E-state index in [0.717, 1.165) is 17.5 Å². The molecule has 0 aliphatic heterocycles. The van der Waals surface area contributed by atoms with Crippen molar-refractivity contribution in [3.05, 3.63) is 88.8 Å². The minimum atomic E-state index is -4.40. The highest BCUT2D eigenvalue weighted by atomic mass is 19.4. The lowest BCUT2D eigenvalue weighted by Gasteiger charge is -2.11. The van der Waals surface area contributed by atoms with Gasteiger partial charge in [-0.15, -0.1) is 0 Å². The minimum Gasteiger partial charge on any atom is -0.384 e. The normalized spacial score (nSPS) is 11.7. The van der Waals surface area contributed by atoms with Gasteiger partial charge in [0.15, 0.2) is 0 Å². The van der Waals surface area contributed by atoms with Crippen molar-refractivity contribution >= 4 is 16.7 Å². The Kier molecular flexibility index (Phi) is 4.15. The Balaban J connectivity index is 1.77. The summed E-state index contributed by atoms with van der Waals surface area (Å²) in [6, 6.07) is 16.7. The Morgan fingerprint density at radius 1 is 0.893 bits per heavy atom. The zero-order chi connectivity index (χ0) is 19.9. The molecule has 0 saturated carbocycles. The van der Waals surface area contributed by atoms with E-state index < -0.39 is 11.7 Å². The SMILES string of the molecule is Nc1ccc2cccc(-n3ccc(-c4ccc(C(F)(F)F)cc4)cc3=O)c2n1. The first-order valence-corrected chi connectivity index (χ1v) is 8.39. The second-order valence-corrected chi connectivity index (χ2v) is 6.28. The molecular weight excluding hydrogens is 367 g/mol. The number of nitrogen functional groups attached to an aromatic ring is 1. The Bertz CT molecular complexity index is 1230. The maximum atomic E-state index is 12.7. The number of pyridine rings is 2. The number of aromatic nitrogens is 2. The van der Waals surface area contributed by atoms with Crippen LogP contribution in [0.3, 0.4) is 0 Å². The molecule has 2 aromatic heterocycles. The van der Waals surface area contributed by atoms with Crippen LogP contribution < -0.4 is 11.3 Å². The maximum Gasteiger partial charge on any atom is 0.416 e. The summed E-state index contributed by atoms with van der Waals surface area (Å²) in [5.74, 6) is 0.342. The number of hydrogen-bond acceptors (Lipinski definition) is 3. The smallest absolute Gasteiger partial charge is 0.384 e. The summed E-state index contributed by atoms with van der Waals surface area (Å²) in [6.07, 6.45) is -2.82. The summed E-state index contributed by atoms with van der Waals surface area (Å²) >= 11 is 0. The van der Waals surface area contributed by atoms with Gasteiger partial charge in [0.25, 0.3) is 5.56 Å². The van der Waals surface area contributed by atoms with Crippen LogP contribution in [0.5, 0.6) is 0 Å². The van der Waals surface area contributed by atoms with Crippen molar-refractivity contribution in [2.24, 2.45) is 0 Å². The van der Waals surface area contributed by atoms with Crippen molar-refractivity contribution in [3.63, 3.8) is 0 Å². The average Bonchev–Trinajstić information content (AvgIpc) is 2.67. The molecule has 4 nitrogen and oxygen atoms in total. The molecule has 2 heterocycles. The first kappa shape index (κ1) is 17.8. The predicted octanol–water partition coefficient (Wildman–Crippen LogP) is 4.65. The molecule has 2 N–H and O–H groups in total. The fraction of sp³-hybridized carbons (Fsp3) is 0.0476. The molecule has 2 aromatic carbocycles. The van der Waals surface area contributed by atoms with Crippen LogP contribution in [0, 0.1) is 0 Å². The van der Waals surface area contributed by atoms with Gasteiger partial charge in [0.2, 0.25) is 0 Å². The lowest BCUT2D eigenvalue weighted by Crippen LogP contribution is -2.17. The van der Waals surface area contributed by atoms with E-state index >= 15 is 0 Å². The van der Waals surface area contributed by atoms with Crippen LogP contribution in [0.25, 0.3) is 27.7 Å². The summed E-state index contributed by atoms with van der Waals surface area (Å²) in [4.78, 5) is 17.0. The maximum absolute atomic E-state index is 12.7. The molecule has 0 aliphatic rings. The third kappa shape index (κ3) is 3.22. The standard InChI is InChI=1S/C21H14F3N3O/c22-21(23,24)16-7-4-13(5-8-16)15-10-11-27(19(28)12-15)17-3-1-2-14-6-9-18(25)26-20(14)17/h1-12H,(H2,25,26). The van der Waals surface area contributed by atoms with Gasteiger partial charge in [0.05, 0.1) is 16.8 Å². The largest absolute Gasteiger partial charge is 0.416 e. The van der Waals surface area contributed by atoms with Gasteiger partial charge in [-0.2, -0.15) is 13.2 Å². The van der Waals surface area contributed by atoms with Crippen molar-refractivity contribution in [2.45, 2.75) is 6.18 Å². The molecule has 28 heavy (non-hydrogen) atoms. The molecular formula is C21H14F3N3O. The van der Waals surface area contributed by atoms with Gasteiger partial charge in [-0.25, -0.2) is 4.98 Å². The molecule has 0 aliphatic carbocycles. The number of rotatable bonds is 2. The van der Waals surface area contributed by atoms with E-state index in [1.54, 1.807) is 24.4 Å². The molecule has 0 fully saturated rings. The average molecular weight is 381 g/mol. The quantitative estimate of drug-likeness (QED) is 0.550. The molecule has 0 spiro atoms. The van der Waals surface area contributed by atoms with Crippen LogP contribution >= 0.6 is 0 Å². The molecule has 0 unspecified atom stereocenters. The van der Waals surface area contributed by atoms with Crippen LogP contribution in [0.4, 0.5) is 19.0 Å². The molecule has 140 valence electrons. The van der Waals surface area contributed by atoms with Crippen molar-refractivity contribution in [2.75, 3.05) is 5.73 Å². The van der Waals surface area contributed by atoms with Gasteiger partial charge in [-0.3, -0.25) is 9.36 Å². The third-order valence-electron chi connectivity index (χ3n) is 4.45. The number of hydrogen-bond donors (Lipinski definition) is 1. The van der Waals surface area contributed by atoms with E-state index in [0.29, 0.717) is 28.1 Å². The lowest BCUT2D eigenvalue weighted by atomic mass is 10.0. The van der Waals surface area contributed by atoms with Crippen molar-refractivity contribution < 1.29 is 13.2 Å². The van der Waals surface area contributed by atoms with Gasteiger partial charge in [0.1, 0.15) is 5.82 Å². The van der Waals surface area contributed by atoms with Gasteiger partial charge in [-0.1, -0.05) is 24.3 Å². The molecule has 0 saturated heterocycles. The fourth-order valence-corrected chi connectivity index (χ4v) is 3.05. The fourth-order valence-electron chi connectivity index (χ4n) is 3.05. The number of anilines is 1. The molecule has 0 bridgehead atoms. The topological polar surface area (TPSA) is 60.9 Å². The van der Waals surface area contributed by atoms with Crippen LogP contribution in [0.15, 0.2) is 77.7 Å². The van der Waals surface area contributed by atoms with E-state index in [4.69, 9.17) is 5.73 Å². The number of para-hydroxylation sites is 1. The number of nitrogens with two attached hydrogens (primary N) is 1. The van der Waals surface area contributed by atoms with Gasteiger partial charge in [0, 0.05) is 17.6 Å². The van der Waals surface area contributed by atoms with E-state index in [1.807, 2.05) is 18.2 Å². The predicted molar refractivity (Wildman–Crippen MR) is 102 cm³/mol. The van der Waals surface area contributed by atoms with Crippen LogP contribution in [-0.4, -0.2) is 9.55 Å². The van der Waals surface area contributed by atoms with Gasteiger partial charge < -0.3 is 5.73 Å². The van der Waals surface area contributed by atoms with Crippen LogP contribution in [0.1, 0.15) is 5.56 Å². The summed E-state index contributed by atoms with van der Waals surface area (Å²) in [7, 11) is 0. The van der Waals surface area contributed by atoms with Crippen LogP contribution in [0.2, 0.25) is 0 Å². The van der Waals surface area contributed by atoms with E-state index in [-0.39, 0.29) is 5.56 Å². The third-order valence-corrected chi connectivity index (χ3v) is 4.45. The number of alkyl halides is 3. The summed E-state index contributed by atoms with van der Waals surface area (Å²) in [5, 5.41) is 0.838. The number of benzene rings is 2. The Morgan fingerprint density at radius 3 is 2.32 bits per heavy atom. The van der Waals surface area contributed by atoms with Crippen molar-refractivity contribution in [1.82, 2.24) is 9.55 Å². The summed E-state index contributed by atoms with van der Waals surface area (Å²) in [6.45, 7) is 0. The molecule has 4 aromatic rings. The van der Waals surface area contributed by atoms with Gasteiger partial charge in [-0.05, 0) is 47.5 Å². The Hall–Kier alpha value is -3.61. The molecule has 0 radical (unpaired) electrons. The number of nitrogens with zero attached hydrogens (tertiary/aromatic N) is 2. The van der Waals surface area contributed by atoms with Gasteiger partial charge >= 0.3 is 6.18 Å². The van der Waals surface area contributed by atoms with Crippen molar-refractivity contribution in [3.8, 4) is 16.8 Å². The highest BCUT2D eigenvalue weighted by Crippen LogP contribution is 2.31. The van der Waals surface area contributed by atoms with E-state index in [2.05, 4.69) is 4.98 Å². The monoisotopic (exact) mass is 381 g/mol. The number of fused-ring (bicyclic) bond motifs is 1. The second-order valence-electron chi connectivity index (χ2n) is 6.28. The van der Waals surface area contributed by atoms with Crippen LogP contribution in [-0.2, 0) is 6.18 Å². The summed E-state index contributed by atoms with van der Waals surface area (Å²) < 4.78 is 39.6. The zero-order valence-corrected chi connectivity index (χ0v) is 14.4. The van der Waals surface area contributed by atoms with E-state index in [9.17, 15) is 18.0 Å². The van der Waals surface area contributed by atoms with Crippen molar-refractivity contribution in [1.29, 1.82) is 0 Å². The highest BCUT2D eigenvalue weighted by molar-refractivity contribution is 5.87. The molecule has 0 atom stereocenters. The molecule has 4 rings (SSSR count). The lowest BCUT2D eigenvalue weighted by molar-refractivity contribution is -0.137. The molecule has 7 heteroatoms. The first-order valence-electron chi connectivity index (χ1n) is 8.39. The number of halogens is 3. The Labute approximate surface area is 157 Å². The highest BCUT2D eigenvalue weighted by Gasteiger charge is 2.29. The van der Waals surface area contributed by atoms with E-state index in [1.165, 1.54) is 22.8 Å². The molecule has 0 amide bonds. The Morgan fingerprint density at radius 2 is 1.64 bits per heavy atom. The zero-order valence-electron chi connectivity index (χ0n) is 14.4. The first-order chi connectivity index (χ1) is 13.3.